The Balaban J connectivity index is 1.58. The van der Waals surface area contributed by atoms with E-state index in [4.69, 9.17) is 4.74 Å². The van der Waals surface area contributed by atoms with E-state index in [0.717, 1.165) is 29.7 Å². The third-order valence-electron chi connectivity index (χ3n) is 4.26. The molecular weight excluding hydrogens is 308 g/mol. The molecule has 0 unspecified atom stereocenters. The molecule has 23 heavy (non-hydrogen) atoms. The van der Waals surface area contributed by atoms with E-state index in [-0.39, 0.29) is 12.5 Å². The van der Waals surface area contributed by atoms with Crippen LogP contribution < -0.4 is 10.1 Å². The highest BCUT2D eigenvalue weighted by atomic mass is 32.1. The van der Waals surface area contributed by atoms with Crippen molar-refractivity contribution in [1.29, 1.82) is 0 Å². The molecule has 1 aromatic carbocycles. The van der Waals surface area contributed by atoms with E-state index < -0.39 is 0 Å². The second kappa shape index (κ2) is 7.13. The number of hydrogen-bond acceptors (Lipinski definition) is 4. The number of hydrogen-bond donors (Lipinski definition) is 1. The Bertz CT molecular complexity index is 686. The van der Waals surface area contributed by atoms with Gasteiger partial charge in [-0.3, -0.25) is 10.1 Å². The van der Waals surface area contributed by atoms with Crippen molar-refractivity contribution in [1.82, 2.24) is 4.98 Å². The molecule has 0 saturated heterocycles. The van der Waals surface area contributed by atoms with Crippen LogP contribution in [0.5, 0.6) is 5.75 Å². The van der Waals surface area contributed by atoms with Gasteiger partial charge in [-0.25, -0.2) is 4.98 Å². The molecule has 5 heteroatoms. The SMILES string of the molecule is Cc1cccc(OCC(=O)Nc2nc3c(s2)CCCCC3)c1C. The third-order valence-corrected chi connectivity index (χ3v) is 5.33. The van der Waals surface area contributed by atoms with Gasteiger partial charge in [0.05, 0.1) is 5.69 Å². The number of carbonyl (C=O) groups excluding carboxylic acids is 1. The number of anilines is 1. The van der Waals surface area contributed by atoms with E-state index in [0.29, 0.717) is 5.13 Å². The van der Waals surface area contributed by atoms with Gasteiger partial charge in [-0.05, 0) is 56.7 Å². The highest BCUT2D eigenvalue weighted by Crippen LogP contribution is 2.29. The van der Waals surface area contributed by atoms with Crippen LogP contribution in [0.1, 0.15) is 41.0 Å². The molecule has 0 saturated carbocycles. The van der Waals surface area contributed by atoms with Crippen molar-refractivity contribution in [3.05, 3.63) is 39.9 Å². The van der Waals surface area contributed by atoms with Crippen LogP contribution in [-0.4, -0.2) is 17.5 Å². The van der Waals surface area contributed by atoms with Crippen LogP contribution in [0.25, 0.3) is 0 Å². The number of aromatic nitrogens is 1. The Morgan fingerprint density at radius 1 is 1.26 bits per heavy atom. The zero-order chi connectivity index (χ0) is 16.2. The number of nitrogens with zero attached hydrogens (tertiary/aromatic N) is 1. The number of thiazole rings is 1. The first-order chi connectivity index (χ1) is 11.1. The summed E-state index contributed by atoms with van der Waals surface area (Å²) in [6, 6.07) is 5.86. The summed E-state index contributed by atoms with van der Waals surface area (Å²) in [6.07, 6.45) is 5.80. The first-order valence-electron chi connectivity index (χ1n) is 8.11. The van der Waals surface area contributed by atoms with Crippen LogP contribution in [-0.2, 0) is 17.6 Å². The summed E-state index contributed by atoms with van der Waals surface area (Å²) in [5.41, 5.74) is 3.39. The molecule has 0 bridgehead atoms. The minimum absolute atomic E-state index is 0.00847. The van der Waals surface area contributed by atoms with Crippen LogP contribution in [0, 0.1) is 13.8 Å². The minimum atomic E-state index is -0.158. The summed E-state index contributed by atoms with van der Waals surface area (Å²) in [4.78, 5) is 18.0. The highest BCUT2D eigenvalue weighted by molar-refractivity contribution is 7.15. The van der Waals surface area contributed by atoms with Gasteiger partial charge < -0.3 is 4.74 Å². The molecule has 1 aliphatic rings. The number of rotatable bonds is 4. The second-order valence-corrected chi connectivity index (χ2v) is 7.07. The lowest BCUT2D eigenvalue weighted by molar-refractivity contribution is -0.118. The quantitative estimate of drug-likeness (QED) is 0.861. The Kier molecular flexibility index (Phi) is 4.96. The standard InChI is InChI=1S/C18H22N2O2S/c1-12-7-6-9-15(13(12)2)22-11-17(21)20-18-19-14-8-4-3-5-10-16(14)23-18/h6-7,9H,3-5,8,10-11H2,1-2H3,(H,19,20,21). The van der Waals surface area contributed by atoms with Crippen LogP contribution in [0.4, 0.5) is 5.13 Å². The van der Waals surface area contributed by atoms with E-state index in [1.807, 2.05) is 32.0 Å². The number of nitrogens with one attached hydrogen (secondary N) is 1. The number of benzene rings is 1. The summed E-state index contributed by atoms with van der Waals surface area (Å²) < 4.78 is 5.64. The van der Waals surface area contributed by atoms with Crippen LogP contribution in [0.2, 0.25) is 0 Å². The van der Waals surface area contributed by atoms with Gasteiger partial charge in [-0.1, -0.05) is 18.6 Å². The van der Waals surface area contributed by atoms with Crippen molar-refractivity contribution in [3.8, 4) is 5.75 Å². The lowest BCUT2D eigenvalue weighted by atomic mass is 10.1. The number of ether oxygens (including phenoxy) is 1. The topological polar surface area (TPSA) is 51.2 Å². The summed E-state index contributed by atoms with van der Waals surface area (Å²) in [6.45, 7) is 4.04. The molecule has 0 aliphatic heterocycles. The van der Waals surface area contributed by atoms with Gasteiger partial charge in [0.1, 0.15) is 5.75 Å². The number of aryl methyl sites for hydroxylation is 3. The van der Waals surface area contributed by atoms with E-state index in [1.165, 1.54) is 29.8 Å². The minimum Gasteiger partial charge on any atom is -0.483 e. The smallest absolute Gasteiger partial charge is 0.264 e. The normalized spacial score (nSPS) is 14.0. The van der Waals surface area contributed by atoms with Crippen LogP contribution in [0.3, 0.4) is 0 Å². The summed E-state index contributed by atoms with van der Waals surface area (Å²) in [5.74, 6) is 0.602. The average molecular weight is 330 g/mol. The maximum absolute atomic E-state index is 12.1. The van der Waals surface area contributed by atoms with Crippen molar-refractivity contribution in [2.75, 3.05) is 11.9 Å². The van der Waals surface area contributed by atoms with Crippen molar-refractivity contribution in [2.24, 2.45) is 0 Å². The van der Waals surface area contributed by atoms with Gasteiger partial charge in [0.15, 0.2) is 11.7 Å². The predicted molar refractivity (Wildman–Crippen MR) is 93.4 cm³/mol. The Morgan fingerprint density at radius 2 is 2.09 bits per heavy atom. The molecule has 2 aromatic rings. The molecule has 1 heterocycles. The fourth-order valence-electron chi connectivity index (χ4n) is 2.76. The molecule has 0 atom stereocenters. The Hall–Kier alpha value is -1.88. The second-order valence-electron chi connectivity index (χ2n) is 5.98. The fraction of sp³-hybridized carbons (Fsp3) is 0.444. The summed E-state index contributed by atoms with van der Waals surface area (Å²) in [5, 5.41) is 3.57. The third kappa shape index (κ3) is 3.91. The molecule has 1 N–H and O–H groups in total. The number of amides is 1. The summed E-state index contributed by atoms with van der Waals surface area (Å²) >= 11 is 1.61. The molecule has 1 amide bonds. The number of carbonyl (C=O) groups is 1. The Labute approximate surface area is 140 Å². The van der Waals surface area contributed by atoms with E-state index >= 15 is 0 Å². The maximum Gasteiger partial charge on any atom is 0.264 e. The van der Waals surface area contributed by atoms with E-state index in [1.54, 1.807) is 11.3 Å². The van der Waals surface area contributed by atoms with E-state index in [2.05, 4.69) is 10.3 Å². The molecule has 122 valence electrons. The fourth-order valence-corrected chi connectivity index (χ4v) is 3.83. The van der Waals surface area contributed by atoms with Gasteiger partial charge in [0.25, 0.3) is 5.91 Å². The monoisotopic (exact) mass is 330 g/mol. The van der Waals surface area contributed by atoms with Crippen LogP contribution >= 0.6 is 11.3 Å². The zero-order valence-electron chi connectivity index (χ0n) is 13.6. The molecular formula is C18H22N2O2S. The average Bonchev–Trinajstić information content (AvgIpc) is 2.77. The van der Waals surface area contributed by atoms with Gasteiger partial charge in [0.2, 0.25) is 0 Å². The van der Waals surface area contributed by atoms with Gasteiger partial charge in [-0.2, -0.15) is 0 Å². The maximum atomic E-state index is 12.1. The van der Waals surface area contributed by atoms with Crippen molar-refractivity contribution in [2.45, 2.75) is 46.0 Å². The lowest BCUT2D eigenvalue weighted by Gasteiger charge is -2.10. The first-order valence-corrected chi connectivity index (χ1v) is 8.92. The largest absolute Gasteiger partial charge is 0.483 e. The van der Waals surface area contributed by atoms with Crippen molar-refractivity contribution in [3.63, 3.8) is 0 Å². The Morgan fingerprint density at radius 3 is 2.96 bits per heavy atom. The summed E-state index contributed by atoms with van der Waals surface area (Å²) in [7, 11) is 0. The van der Waals surface area contributed by atoms with Gasteiger partial charge >= 0.3 is 0 Å². The zero-order valence-corrected chi connectivity index (χ0v) is 14.5. The molecule has 1 aliphatic carbocycles. The predicted octanol–water partition coefficient (Wildman–Crippen LogP) is 4.05. The van der Waals surface area contributed by atoms with E-state index in [9.17, 15) is 4.79 Å². The van der Waals surface area contributed by atoms with Crippen molar-refractivity contribution >= 4 is 22.4 Å². The molecule has 3 rings (SSSR count). The first kappa shape index (κ1) is 16.0. The highest BCUT2D eigenvalue weighted by Gasteiger charge is 2.15. The molecule has 1 aromatic heterocycles. The van der Waals surface area contributed by atoms with Gasteiger partial charge in [-0.15, -0.1) is 11.3 Å². The molecule has 0 spiro atoms. The van der Waals surface area contributed by atoms with Crippen molar-refractivity contribution < 1.29 is 9.53 Å². The lowest BCUT2D eigenvalue weighted by Crippen LogP contribution is -2.20. The molecule has 0 radical (unpaired) electrons. The van der Waals surface area contributed by atoms with Crippen LogP contribution in [0.15, 0.2) is 18.2 Å². The van der Waals surface area contributed by atoms with Gasteiger partial charge in [0, 0.05) is 4.88 Å². The number of fused-ring (bicyclic) bond motifs is 1. The molecule has 0 fully saturated rings. The molecule has 4 nitrogen and oxygen atoms in total.